The van der Waals surface area contributed by atoms with Crippen LogP contribution in [0.5, 0.6) is 0 Å². The van der Waals surface area contributed by atoms with Gasteiger partial charge in [-0.15, -0.1) is 0 Å². The Hall–Kier alpha value is -0.770. The predicted octanol–water partition coefficient (Wildman–Crippen LogP) is 1.83. The standard InChI is InChI=1S/C16H30N4/c1-3-20-10-4-5-14(20)11-18-15(17-2)19-12-16(8-9-16)13-6-7-13/h13-14H,3-12H2,1-2H3,(H2,17,18,19). The summed E-state index contributed by atoms with van der Waals surface area (Å²) in [6, 6.07) is 0.692. The van der Waals surface area contributed by atoms with Gasteiger partial charge >= 0.3 is 0 Å². The quantitative estimate of drug-likeness (QED) is 0.575. The zero-order valence-electron chi connectivity index (χ0n) is 13.1. The molecule has 0 bridgehead atoms. The van der Waals surface area contributed by atoms with Crippen LogP contribution in [-0.4, -0.2) is 50.1 Å². The monoisotopic (exact) mass is 278 g/mol. The fourth-order valence-electron chi connectivity index (χ4n) is 3.82. The van der Waals surface area contributed by atoms with Crippen LogP contribution in [0.1, 0.15) is 45.4 Å². The van der Waals surface area contributed by atoms with Crippen molar-refractivity contribution >= 4 is 5.96 Å². The molecule has 0 radical (unpaired) electrons. The fraction of sp³-hybridized carbons (Fsp3) is 0.938. The Labute approximate surface area is 123 Å². The topological polar surface area (TPSA) is 39.7 Å². The normalized spacial score (nSPS) is 29.5. The summed E-state index contributed by atoms with van der Waals surface area (Å²) >= 11 is 0. The van der Waals surface area contributed by atoms with Crippen LogP contribution in [0.4, 0.5) is 0 Å². The van der Waals surface area contributed by atoms with Crippen LogP contribution < -0.4 is 10.6 Å². The second-order valence-electron chi connectivity index (χ2n) is 6.87. The van der Waals surface area contributed by atoms with Crippen molar-refractivity contribution in [3.63, 3.8) is 0 Å². The molecule has 2 N–H and O–H groups in total. The highest BCUT2D eigenvalue weighted by molar-refractivity contribution is 5.79. The molecule has 20 heavy (non-hydrogen) atoms. The van der Waals surface area contributed by atoms with Gasteiger partial charge in [-0.25, -0.2) is 0 Å². The Morgan fingerprint density at radius 3 is 2.65 bits per heavy atom. The van der Waals surface area contributed by atoms with E-state index in [1.165, 1.54) is 51.6 Å². The molecule has 1 atom stereocenters. The first-order chi connectivity index (χ1) is 9.77. The van der Waals surface area contributed by atoms with Gasteiger partial charge in [0.15, 0.2) is 5.96 Å². The number of nitrogens with one attached hydrogen (secondary N) is 2. The summed E-state index contributed by atoms with van der Waals surface area (Å²) in [7, 11) is 1.89. The minimum absolute atomic E-state index is 0.639. The Morgan fingerprint density at radius 2 is 2.05 bits per heavy atom. The summed E-state index contributed by atoms with van der Waals surface area (Å²) in [5, 5.41) is 7.10. The van der Waals surface area contributed by atoms with E-state index in [1.54, 1.807) is 0 Å². The first-order valence-corrected chi connectivity index (χ1v) is 8.46. The van der Waals surface area contributed by atoms with E-state index >= 15 is 0 Å². The van der Waals surface area contributed by atoms with Crippen molar-refractivity contribution in [2.24, 2.45) is 16.3 Å². The highest BCUT2D eigenvalue weighted by Gasteiger charge is 2.53. The molecule has 0 spiro atoms. The zero-order chi connectivity index (χ0) is 14.0. The fourth-order valence-corrected chi connectivity index (χ4v) is 3.82. The van der Waals surface area contributed by atoms with Crippen molar-refractivity contribution in [3.05, 3.63) is 0 Å². The van der Waals surface area contributed by atoms with Crippen molar-refractivity contribution in [3.8, 4) is 0 Å². The van der Waals surface area contributed by atoms with Crippen molar-refractivity contribution < 1.29 is 0 Å². The molecule has 3 aliphatic rings. The number of aliphatic imine (C=N–C) groups is 1. The Balaban J connectivity index is 1.41. The number of likely N-dealkylation sites (tertiary alicyclic amines) is 1. The summed E-state index contributed by atoms with van der Waals surface area (Å²) in [6.45, 7) is 6.85. The van der Waals surface area contributed by atoms with Gasteiger partial charge in [0.1, 0.15) is 0 Å². The second kappa shape index (κ2) is 5.92. The predicted molar refractivity (Wildman–Crippen MR) is 84.0 cm³/mol. The second-order valence-corrected chi connectivity index (χ2v) is 6.87. The molecule has 114 valence electrons. The van der Waals surface area contributed by atoms with Gasteiger partial charge in [-0.1, -0.05) is 6.92 Å². The lowest BCUT2D eigenvalue weighted by Crippen LogP contribution is -2.46. The van der Waals surface area contributed by atoms with E-state index in [-0.39, 0.29) is 0 Å². The number of guanidine groups is 1. The molecule has 2 saturated carbocycles. The van der Waals surface area contributed by atoms with Crippen LogP contribution >= 0.6 is 0 Å². The smallest absolute Gasteiger partial charge is 0.191 e. The SMILES string of the molecule is CCN1CCCC1CNC(=NC)NCC1(C2CC2)CC1. The molecule has 1 saturated heterocycles. The largest absolute Gasteiger partial charge is 0.356 e. The van der Waals surface area contributed by atoms with Crippen LogP contribution in [0.15, 0.2) is 4.99 Å². The van der Waals surface area contributed by atoms with Crippen LogP contribution in [0.2, 0.25) is 0 Å². The van der Waals surface area contributed by atoms with E-state index in [4.69, 9.17) is 0 Å². The van der Waals surface area contributed by atoms with Crippen LogP contribution in [-0.2, 0) is 0 Å². The van der Waals surface area contributed by atoms with Crippen LogP contribution in [0.3, 0.4) is 0 Å². The lowest BCUT2D eigenvalue weighted by molar-refractivity contribution is 0.266. The number of hydrogen-bond donors (Lipinski definition) is 2. The van der Waals surface area contributed by atoms with E-state index in [2.05, 4.69) is 27.4 Å². The molecule has 1 aliphatic heterocycles. The Kier molecular flexibility index (Phi) is 4.20. The first kappa shape index (κ1) is 14.2. The molecule has 0 aromatic heterocycles. The lowest BCUT2D eigenvalue weighted by Gasteiger charge is -2.24. The summed E-state index contributed by atoms with van der Waals surface area (Å²) in [5.41, 5.74) is 0.639. The van der Waals surface area contributed by atoms with Gasteiger partial charge in [-0.05, 0) is 62.9 Å². The Bertz CT molecular complexity index is 357. The average molecular weight is 278 g/mol. The van der Waals surface area contributed by atoms with Gasteiger partial charge in [0.25, 0.3) is 0 Å². The van der Waals surface area contributed by atoms with E-state index in [0.717, 1.165) is 25.0 Å². The third-order valence-corrected chi connectivity index (χ3v) is 5.58. The van der Waals surface area contributed by atoms with Gasteiger partial charge in [-0.3, -0.25) is 9.89 Å². The zero-order valence-corrected chi connectivity index (χ0v) is 13.1. The average Bonchev–Trinajstić information content (AvgIpc) is 3.37. The lowest BCUT2D eigenvalue weighted by atomic mass is 10.0. The summed E-state index contributed by atoms with van der Waals surface area (Å²) < 4.78 is 0. The van der Waals surface area contributed by atoms with Crippen molar-refractivity contribution in [2.75, 3.05) is 33.2 Å². The number of likely N-dealkylation sites (N-methyl/N-ethyl adjacent to an activating group) is 1. The molecule has 0 amide bonds. The molecule has 2 aliphatic carbocycles. The maximum absolute atomic E-state index is 4.39. The molecular formula is C16H30N4. The van der Waals surface area contributed by atoms with Gasteiger partial charge in [0.2, 0.25) is 0 Å². The van der Waals surface area contributed by atoms with Crippen molar-refractivity contribution in [2.45, 2.75) is 51.5 Å². The Morgan fingerprint density at radius 1 is 1.25 bits per heavy atom. The molecule has 4 nitrogen and oxygen atoms in total. The summed E-state index contributed by atoms with van der Waals surface area (Å²) in [6.07, 6.45) is 8.44. The minimum Gasteiger partial charge on any atom is -0.356 e. The van der Waals surface area contributed by atoms with Gasteiger partial charge in [0, 0.05) is 26.2 Å². The minimum atomic E-state index is 0.639. The third kappa shape index (κ3) is 3.11. The molecule has 4 heteroatoms. The molecule has 0 aromatic carbocycles. The third-order valence-electron chi connectivity index (χ3n) is 5.58. The van der Waals surface area contributed by atoms with E-state index in [1.807, 2.05) is 7.05 Å². The number of hydrogen-bond acceptors (Lipinski definition) is 2. The van der Waals surface area contributed by atoms with Crippen LogP contribution in [0, 0.1) is 11.3 Å². The molecular weight excluding hydrogens is 248 g/mol. The first-order valence-electron chi connectivity index (χ1n) is 8.46. The molecule has 3 fully saturated rings. The maximum Gasteiger partial charge on any atom is 0.191 e. The number of rotatable bonds is 6. The highest BCUT2D eigenvalue weighted by Crippen LogP contribution is 2.60. The van der Waals surface area contributed by atoms with Gasteiger partial charge < -0.3 is 10.6 Å². The van der Waals surface area contributed by atoms with Crippen molar-refractivity contribution in [1.29, 1.82) is 0 Å². The maximum atomic E-state index is 4.39. The summed E-state index contributed by atoms with van der Waals surface area (Å²) in [5.74, 6) is 2.01. The van der Waals surface area contributed by atoms with Crippen molar-refractivity contribution in [1.82, 2.24) is 15.5 Å². The highest BCUT2D eigenvalue weighted by atomic mass is 15.2. The molecule has 0 aromatic rings. The van der Waals surface area contributed by atoms with E-state index in [9.17, 15) is 0 Å². The van der Waals surface area contributed by atoms with Gasteiger partial charge in [-0.2, -0.15) is 0 Å². The van der Waals surface area contributed by atoms with Gasteiger partial charge in [0.05, 0.1) is 0 Å². The molecule has 1 heterocycles. The summed E-state index contributed by atoms with van der Waals surface area (Å²) in [4.78, 5) is 6.96. The van der Waals surface area contributed by atoms with E-state index in [0.29, 0.717) is 11.5 Å². The number of nitrogens with zero attached hydrogens (tertiary/aromatic N) is 2. The van der Waals surface area contributed by atoms with Crippen LogP contribution in [0.25, 0.3) is 0 Å². The molecule has 3 rings (SSSR count). The van der Waals surface area contributed by atoms with E-state index < -0.39 is 0 Å². The molecule has 1 unspecified atom stereocenters.